The average Bonchev–Trinajstić information content (AvgIpc) is 2.37. The molecule has 0 aliphatic heterocycles. The lowest BCUT2D eigenvalue weighted by molar-refractivity contribution is -0.157. The average molecular weight is 357 g/mol. The fourth-order valence-corrected chi connectivity index (χ4v) is 2.25. The fourth-order valence-electron chi connectivity index (χ4n) is 2.02. The summed E-state index contributed by atoms with van der Waals surface area (Å²) in [6.45, 7) is 3.63. The van der Waals surface area contributed by atoms with Crippen molar-refractivity contribution >= 4 is 27.7 Å². The summed E-state index contributed by atoms with van der Waals surface area (Å²) in [5.74, 6) is -0.870. The van der Waals surface area contributed by atoms with Crippen LogP contribution in [0.25, 0.3) is 0 Å². The molecule has 0 aliphatic carbocycles. The fraction of sp³-hybridized carbons (Fsp3) is 0.500. The van der Waals surface area contributed by atoms with Gasteiger partial charge in [-0.25, -0.2) is 0 Å². The number of aliphatic hydroxyl groups excluding tert-OH is 1. The highest BCUT2D eigenvalue weighted by Crippen LogP contribution is 2.18. The van der Waals surface area contributed by atoms with Crippen LogP contribution in [0.3, 0.4) is 0 Å². The summed E-state index contributed by atoms with van der Waals surface area (Å²) in [6, 6.07) is 9.72. The number of alkyl halides is 1. The van der Waals surface area contributed by atoms with Gasteiger partial charge in [-0.05, 0) is 19.4 Å². The van der Waals surface area contributed by atoms with Gasteiger partial charge in [-0.3, -0.25) is 9.59 Å². The van der Waals surface area contributed by atoms with E-state index in [1.807, 2.05) is 44.2 Å². The van der Waals surface area contributed by atoms with Gasteiger partial charge in [-0.15, -0.1) is 0 Å². The lowest BCUT2D eigenvalue weighted by atomic mass is 9.98. The second kappa shape index (κ2) is 8.29. The van der Waals surface area contributed by atoms with E-state index in [9.17, 15) is 14.7 Å². The Morgan fingerprint density at radius 1 is 1.29 bits per heavy atom. The molecule has 1 aromatic rings. The van der Waals surface area contributed by atoms with Gasteiger partial charge in [-0.2, -0.15) is 0 Å². The quantitative estimate of drug-likeness (QED) is 0.441. The molecule has 0 aromatic heterocycles. The Bertz CT molecular complexity index is 470. The third kappa shape index (κ3) is 7.39. The summed E-state index contributed by atoms with van der Waals surface area (Å²) in [6.07, 6.45) is -0.526. The molecule has 0 amide bonds. The Balaban J connectivity index is 2.47. The zero-order valence-corrected chi connectivity index (χ0v) is 13.9. The summed E-state index contributed by atoms with van der Waals surface area (Å²) in [7, 11) is 0. The monoisotopic (exact) mass is 356 g/mol. The number of esters is 1. The molecule has 0 fully saturated rings. The predicted molar refractivity (Wildman–Crippen MR) is 84.4 cm³/mol. The van der Waals surface area contributed by atoms with Crippen LogP contribution < -0.4 is 0 Å². The minimum Gasteiger partial charge on any atom is -0.459 e. The van der Waals surface area contributed by atoms with E-state index in [1.54, 1.807) is 0 Å². The van der Waals surface area contributed by atoms with Gasteiger partial charge < -0.3 is 9.84 Å². The van der Waals surface area contributed by atoms with Gasteiger partial charge in [-0.1, -0.05) is 46.3 Å². The molecule has 5 heteroatoms. The number of rotatable bonds is 8. The van der Waals surface area contributed by atoms with Crippen LogP contribution in [0.1, 0.15) is 32.3 Å². The van der Waals surface area contributed by atoms with Crippen molar-refractivity contribution in [2.45, 2.75) is 44.8 Å². The number of halogens is 1. The molecule has 1 aromatic carbocycles. The maximum absolute atomic E-state index is 11.8. The summed E-state index contributed by atoms with van der Waals surface area (Å²) in [4.78, 5) is 23.4. The van der Waals surface area contributed by atoms with Crippen LogP contribution >= 0.6 is 15.9 Å². The Hall–Kier alpha value is -1.20. The highest BCUT2D eigenvalue weighted by Gasteiger charge is 2.25. The van der Waals surface area contributed by atoms with Crippen molar-refractivity contribution in [1.82, 2.24) is 0 Å². The molecular formula is C16H21BrO4. The molecule has 1 N–H and O–H groups in total. The van der Waals surface area contributed by atoms with E-state index in [4.69, 9.17) is 4.74 Å². The maximum Gasteiger partial charge on any atom is 0.313 e. The number of carbonyl (C=O) groups is 2. The smallest absolute Gasteiger partial charge is 0.313 e. The van der Waals surface area contributed by atoms with Crippen LogP contribution in [0, 0.1) is 0 Å². The Labute approximate surface area is 133 Å². The molecule has 116 valence electrons. The third-order valence-electron chi connectivity index (χ3n) is 2.85. The van der Waals surface area contributed by atoms with Crippen LogP contribution in [-0.2, 0) is 20.7 Å². The molecule has 0 spiro atoms. The van der Waals surface area contributed by atoms with Gasteiger partial charge in [0.1, 0.15) is 17.8 Å². The maximum atomic E-state index is 11.8. The molecular weight excluding hydrogens is 336 g/mol. The molecule has 1 atom stereocenters. The number of hydrogen-bond acceptors (Lipinski definition) is 4. The number of benzene rings is 1. The van der Waals surface area contributed by atoms with Gasteiger partial charge in [0.05, 0.1) is 6.10 Å². The van der Waals surface area contributed by atoms with Gasteiger partial charge >= 0.3 is 5.97 Å². The van der Waals surface area contributed by atoms with E-state index in [0.29, 0.717) is 11.8 Å². The second-order valence-electron chi connectivity index (χ2n) is 5.62. The first-order chi connectivity index (χ1) is 9.82. The molecule has 1 rings (SSSR count). The number of carbonyl (C=O) groups excluding carboxylic acids is 2. The summed E-state index contributed by atoms with van der Waals surface area (Å²) >= 11 is 3.08. The van der Waals surface area contributed by atoms with Crippen LogP contribution in [0.5, 0.6) is 0 Å². The minimum absolute atomic E-state index is 0.0422. The SMILES string of the molecule is CC(C)(Cc1ccccc1)OC(=O)CC(=O)CC(O)CBr. The summed E-state index contributed by atoms with van der Waals surface area (Å²) in [5.41, 5.74) is 0.392. The predicted octanol–water partition coefficient (Wildman–Crippen LogP) is 2.66. The minimum atomic E-state index is -0.761. The van der Waals surface area contributed by atoms with E-state index in [1.165, 1.54) is 0 Å². The summed E-state index contributed by atoms with van der Waals surface area (Å²) in [5, 5.41) is 9.66. The Morgan fingerprint density at radius 3 is 2.48 bits per heavy atom. The van der Waals surface area contributed by atoms with Gasteiger partial charge in [0.25, 0.3) is 0 Å². The van der Waals surface area contributed by atoms with E-state index < -0.39 is 17.7 Å². The van der Waals surface area contributed by atoms with Crippen molar-refractivity contribution in [3.63, 3.8) is 0 Å². The van der Waals surface area contributed by atoms with Gasteiger partial charge in [0, 0.05) is 18.2 Å². The first-order valence-corrected chi connectivity index (χ1v) is 7.96. The Morgan fingerprint density at radius 2 is 1.90 bits per heavy atom. The number of ketones is 1. The number of aliphatic hydroxyl groups is 1. The van der Waals surface area contributed by atoms with Crippen LogP contribution in [0.2, 0.25) is 0 Å². The molecule has 0 saturated carbocycles. The molecule has 0 bridgehead atoms. The zero-order chi connectivity index (χ0) is 15.9. The van der Waals surface area contributed by atoms with Crippen molar-refractivity contribution in [3.05, 3.63) is 35.9 Å². The lowest BCUT2D eigenvalue weighted by Gasteiger charge is -2.25. The molecule has 0 saturated heterocycles. The highest BCUT2D eigenvalue weighted by atomic mass is 79.9. The Kier molecular flexibility index (Phi) is 7.05. The lowest BCUT2D eigenvalue weighted by Crippen LogP contribution is -2.31. The molecule has 1 unspecified atom stereocenters. The number of ether oxygens (including phenoxy) is 1. The molecule has 21 heavy (non-hydrogen) atoms. The highest BCUT2D eigenvalue weighted by molar-refractivity contribution is 9.09. The normalized spacial score (nSPS) is 12.8. The first-order valence-electron chi connectivity index (χ1n) is 6.84. The molecule has 0 heterocycles. The van der Waals surface area contributed by atoms with Crippen molar-refractivity contribution in [2.24, 2.45) is 0 Å². The van der Waals surface area contributed by atoms with Crippen molar-refractivity contribution in [2.75, 3.05) is 5.33 Å². The van der Waals surface area contributed by atoms with Gasteiger partial charge in [0.2, 0.25) is 0 Å². The number of Topliss-reactive ketones (excluding diaryl/α,β-unsaturated/α-hetero) is 1. The van der Waals surface area contributed by atoms with E-state index in [2.05, 4.69) is 15.9 Å². The number of hydrogen-bond donors (Lipinski definition) is 1. The van der Waals surface area contributed by atoms with Crippen molar-refractivity contribution in [1.29, 1.82) is 0 Å². The standard InChI is InChI=1S/C16H21BrO4/c1-16(2,10-12-6-4-3-5-7-12)21-15(20)9-13(18)8-14(19)11-17/h3-7,14,19H,8-11H2,1-2H3. The van der Waals surface area contributed by atoms with E-state index >= 15 is 0 Å². The molecule has 0 radical (unpaired) electrons. The van der Waals surface area contributed by atoms with E-state index in [0.717, 1.165) is 5.56 Å². The van der Waals surface area contributed by atoms with E-state index in [-0.39, 0.29) is 18.6 Å². The van der Waals surface area contributed by atoms with Crippen molar-refractivity contribution in [3.8, 4) is 0 Å². The van der Waals surface area contributed by atoms with Crippen LogP contribution in [-0.4, -0.2) is 33.9 Å². The molecule has 4 nitrogen and oxygen atoms in total. The van der Waals surface area contributed by atoms with Gasteiger partial charge in [0.15, 0.2) is 0 Å². The van der Waals surface area contributed by atoms with Crippen LogP contribution in [0.4, 0.5) is 0 Å². The molecule has 0 aliphatic rings. The second-order valence-corrected chi connectivity index (χ2v) is 6.27. The van der Waals surface area contributed by atoms with Crippen molar-refractivity contribution < 1.29 is 19.4 Å². The van der Waals surface area contributed by atoms with Crippen LogP contribution in [0.15, 0.2) is 30.3 Å². The summed E-state index contributed by atoms with van der Waals surface area (Å²) < 4.78 is 5.37. The largest absolute Gasteiger partial charge is 0.459 e. The first kappa shape index (κ1) is 17.9. The topological polar surface area (TPSA) is 63.6 Å². The zero-order valence-electron chi connectivity index (χ0n) is 12.3. The third-order valence-corrected chi connectivity index (χ3v) is 3.59.